The normalized spacial score (nSPS) is 10.3. The smallest absolute Gasteiger partial charge is 0.132 e. The van der Waals surface area contributed by atoms with E-state index in [0.29, 0.717) is 23.1 Å². The average molecular weight is 263 g/mol. The molecule has 1 heterocycles. The van der Waals surface area contributed by atoms with Gasteiger partial charge in [0.1, 0.15) is 18.2 Å². The Kier molecular flexibility index (Phi) is 4.05. The summed E-state index contributed by atoms with van der Waals surface area (Å²) in [5, 5.41) is 0.564. The Hall–Kier alpha value is -1.74. The average Bonchev–Trinajstić information content (AvgIpc) is 2.40. The fourth-order valence-electron chi connectivity index (χ4n) is 1.58. The van der Waals surface area contributed by atoms with Crippen molar-refractivity contribution in [1.82, 2.24) is 4.98 Å². The van der Waals surface area contributed by atoms with Crippen LogP contribution in [-0.2, 0) is 13.0 Å². The molecular formula is C14H15ClN2O. The van der Waals surface area contributed by atoms with Crippen molar-refractivity contribution in [3.63, 3.8) is 0 Å². The Morgan fingerprint density at radius 2 is 1.89 bits per heavy atom. The van der Waals surface area contributed by atoms with Crippen LogP contribution in [0.2, 0.25) is 5.02 Å². The fourth-order valence-corrected chi connectivity index (χ4v) is 1.74. The lowest BCUT2D eigenvalue weighted by atomic mass is 10.2. The van der Waals surface area contributed by atoms with Crippen LogP contribution in [-0.4, -0.2) is 4.98 Å². The van der Waals surface area contributed by atoms with Crippen LogP contribution in [0.4, 0.5) is 5.82 Å². The standard InChI is InChI=1S/C14H15ClN2O/c1-2-10-3-5-11(6-4-10)18-9-13-12(15)7-8-14(16)17-13/h3-8H,2,9H2,1H3,(H2,16,17). The summed E-state index contributed by atoms with van der Waals surface area (Å²) in [5.41, 5.74) is 7.54. The number of anilines is 1. The fraction of sp³-hybridized carbons (Fsp3) is 0.214. The number of nitrogen functional groups attached to an aromatic ring is 1. The van der Waals surface area contributed by atoms with Crippen molar-refractivity contribution in [3.8, 4) is 5.75 Å². The summed E-state index contributed by atoms with van der Waals surface area (Å²) in [6.45, 7) is 2.43. The summed E-state index contributed by atoms with van der Waals surface area (Å²) >= 11 is 6.01. The molecule has 0 bridgehead atoms. The van der Waals surface area contributed by atoms with Crippen LogP contribution in [0.3, 0.4) is 0 Å². The summed E-state index contributed by atoms with van der Waals surface area (Å²) in [4.78, 5) is 4.14. The number of benzene rings is 1. The SMILES string of the molecule is CCc1ccc(OCc2nc(N)ccc2Cl)cc1. The highest BCUT2D eigenvalue weighted by Gasteiger charge is 2.04. The first-order valence-corrected chi connectivity index (χ1v) is 6.19. The molecule has 0 saturated heterocycles. The lowest BCUT2D eigenvalue weighted by Crippen LogP contribution is -2.01. The molecule has 0 amide bonds. The molecule has 0 unspecified atom stereocenters. The van der Waals surface area contributed by atoms with Crippen LogP contribution < -0.4 is 10.5 Å². The lowest BCUT2D eigenvalue weighted by molar-refractivity contribution is 0.301. The van der Waals surface area contributed by atoms with E-state index in [1.54, 1.807) is 12.1 Å². The highest BCUT2D eigenvalue weighted by atomic mass is 35.5. The second-order valence-electron chi connectivity index (χ2n) is 3.95. The minimum absolute atomic E-state index is 0.315. The van der Waals surface area contributed by atoms with Gasteiger partial charge in [0.15, 0.2) is 0 Å². The van der Waals surface area contributed by atoms with Gasteiger partial charge in [0.25, 0.3) is 0 Å². The van der Waals surface area contributed by atoms with E-state index in [2.05, 4.69) is 11.9 Å². The Balaban J connectivity index is 2.04. The molecular weight excluding hydrogens is 248 g/mol. The third-order valence-corrected chi connectivity index (χ3v) is 2.99. The molecule has 0 radical (unpaired) electrons. The van der Waals surface area contributed by atoms with Crippen molar-refractivity contribution in [2.24, 2.45) is 0 Å². The van der Waals surface area contributed by atoms with Crippen LogP contribution in [0.25, 0.3) is 0 Å². The van der Waals surface area contributed by atoms with Crippen molar-refractivity contribution in [3.05, 3.63) is 52.7 Å². The van der Waals surface area contributed by atoms with Crippen molar-refractivity contribution >= 4 is 17.4 Å². The van der Waals surface area contributed by atoms with Crippen LogP contribution in [0.1, 0.15) is 18.2 Å². The Labute approximate surface area is 112 Å². The molecule has 18 heavy (non-hydrogen) atoms. The van der Waals surface area contributed by atoms with E-state index >= 15 is 0 Å². The van der Waals surface area contributed by atoms with Gasteiger partial charge in [0.2, 0.25) is 0 Å². The first-order chi connectivity index (χ1) is 8.69. The number of hydrogen-bond acceptors (Lipinski definition) is 3. The third kappa shape index (κ3) is 3.14. The molecule has 0 spiro atoms. The Morgan fingerprint density at radius 3 is 2.56 bits per heavy atom. The largest absolute Gasteiger partial charge is 0.487 e. The second kappa shape index (κ2) is 5.74. The van der Waals surface area contributed by atoms with Gasteiger partial charge in [-0.1, -0.05) is 30.7 Å². The molecule has 1 aromatic carbocycles. The molecule has 4 heteroatoms. The predicted octanol–water partition coefficient (Wildman–Crippen LogP) is 3.46. The number of aromatic nitrogens is 1. The molecule has 94 valence electrons. The summed E-state index contributed by atoms with van der Waals surface area (Å²) in [5.74, 6) is 1.24. The van der Waals surface area contributed by atoms with Gasteiger partial charge in [-0.15, -0.1) is 0 Å². The summed E-state index contributed by atoms with van der Waals surface area (Å²) in [7, 11) is 0. The number of nitrogens with two attached hydrogens (primary N) is 1. The summed E-state index contributed by atoms with van der Waals surface area (Å²) in [6.07, 6.45) is 1.02. The van der Waals surface area contributed by atoms with E-state index in [4.69, 9.17) is 22.1 Å². The van der Waals surface area contributed by atoms with Crippen LogP contribution in [0.15, 0.2) is 36.4 Å². The van der Waals surface area contributed by atoms with Crippen LogP contribution in [0, 0.1) is 0 Å². The Morgan fingerprint density at radius 1 is 1.17 bits per heavy atom. The van der Waals surface area contributed by atoms with Gasteiger partial charge in [0.05, 0.1) is 10.7 Å². The number of ether oxygens (including phenoxy) is 1. The molecule has 0 aliphatic carbocycles. The van der Waals surface area contributed by atoms with Gasteiger partial charge in [-0.25, -0.2) is 4.98 Å². The van der Waals surface area contributed by atoms with E-state index in [1.807, 2.05) is 24.3 Å². The van der Waals surface area contributed by atoms with E-state index in [9.17, 15) is 0 Å². The summed E-state index contributed by atoms with van der Waals surface area (Å²) in [6, 6.07) is 11.4. The number of aryl methyl sites for hydroxylation is 1. The third-order valence-electron chi connectivity index (χ3n) is 2.65. The van der Waals surface area contributed by atoms with E-state index in [-0.39, 0.29) is 0 Å². The van der Waals surface area contributed by atoms with Gasteiger partial charge < -0.3 is 10.5 Å². The van der Waals surface area contributed by atoms with Gasteiger partial charge in [-0.05, 0) is 36.2 Å². The maximum Gasteiger partial charge on any atom is 0.132 e. The van der Waals surface area contributed by atoms with Crippen molar-refractivity contribution < 1.29 is 4.74 Å². The zero-order valence-electron chi connectivity index (χ0n) is 10.2. The van der Waals surface area contributed by atoms with E-state index in [0.717, 1.165) is 12.2 Å². The topological polar surface area (TPSA) is 48.1 Å². The first-order valence-electron chi connectivity index (χ1n) is 5.81. The van der Waals surface area contributed by atoms with Crippen LogP contribution in [0.5, 0.6) is 5.75 Å². The molecule has 0 atom stereocenters. The molecule has 2 aromatic rings. The minimum atomic E-state index is 0.315. The number of nitrogens with zero attached hydrogens (tertiary/aromatic N) is 1. The quantitative estimate of drug-likeness (QED) is 0.918. The van der Waals surface area contributed by atoms with Crippen LogP contribution >= 0.6 is 11.6 Å². The zero-order chi connectivity index (χ0) is 13.0. The molecule has 0 fully saturated rings. The Bertz CT molecular complexity index is 526. The zero-order valence-corrected chi connectivity index (χ0v) is 10.9. The molecule has 2 N–H and O–H groups in total. The molecule has 0 aliphatic heterocycles. The minimum Gasteiger partial charge on any atom is -0.487 e. The number of halogens is 1. The maximum absolute atomic E-state index is 6.01. The van der Waals surface area contributed by atoms with Crippen molar-refractivity contribution in [1.29, 1.82) is 0 Å². The molecule has 0 aliphatic rings. The number of hydrogen-bond donors (Lipinski definition) is 1. The highest BCUT2D eigenvalue weighted by Crippen LogP contribution is 2.19. The van der Waals surface area contributed by atoms with Crippen molar-refractivity contribution in [2.75, 3.05) is 5.73 Å². The van der Waals surface area contributed by atoms with Gasteiger partial charge >= 0.3 is 0 Å². The van der Waals surface area contributed by atoms with E-state index < -0.39 is 0 Å². The number of rotatable bonds is 4. The van der Waals surface area contributed by atoms with Crippen molar-refractivity contribution in [2.45, 2.75) is 20.0 Å². The summed E-state index contributed by atoms with van der Waals surface area (Å²) < 4.78 is 5.62. The molecule has 2 rings (SSSR count). The van der Waals surface area contributed by atoms with Gasteiger partial charge in [-0.2, -0.15) is 0 Å². The number of pyridine rings is 1. The highest BCUT2D eigenvalue weighted by molar-refractivity contribution is 6.31. The predicted molar refractivity (Wildman–Crippen MR) is 73.8 cm³/mol. The monoisotopic (exact) mass is 262 g/mol. The molecule has 0 saturated carbocycles. The molecule has 1 aromatic heterocycles. The van der Waals surface area contributed by atoms with E-state index in [1.165, 1.54) is 5.56 Å². The van der Waals surface area contributed by atoms with Gasteiger partial charge in [-0.3, -0.25) is 0 Å². The van der Waals surface area contributed by atoms with Gasteiger partial charge in [0, 0.05) is 0 Å². The lowest BCUT2D eigenvalue weighted by Gasteiger charge is -2.08. The second-order valence-corrected chi connectivity index (χ2v) is 4.36. The maximum atomic E-state index is 6.01. The first kappa shape index (κ1) is 12.7. The molecule has 3 nitrogen and oxygen atoms in total.